The van der Waals surface area contributed by atoms with Gasteiger partial charge < -0.3 is 20.3 Å². The topological polar surface area (TPSA) is 61.8 Å². The smallest absolute Gasteiger partial charge is 0.387 e. The fourth-order valence-electron chi connectivity index (χ4n) is 3.47. The number of aliphatic imine (C=N–C) groups is 1. The SMILES string of the molecule is CCNC(=NCc1c(F)cccc1OC(F)F)NC1CCN(c2ccc(C)cn2)CC1.I. The fourth-order valence-corrected chi connectivity index (χ4v) is 3.47. The monoisotopic (exact) mass is 563 g/mol. The normalized spacial score (nSPS) is 14.8. The molecule has 10 heteroatoms. The molecule has 1 aliphatic heterocycles. The molecule has 1 fully saturated rings. The third-order valence-corrected chi connectivity index (χ3v) is 5.09. The van der Waals surface area contributed by atoms with Gasteiger partial charge in [0.25, 0.3) is 0 Å². The zero-order valence-electron chi connectivity index (χ0n) is 18.2. The van der Waals surface area contributed by atoms with Crippen LogP contribution in [0.3, 0.4) is 0 Å². The van der Waals surface area contributed by atoms with Crippen molar-refractivity contribution in [2.75, 3.05) is 24.5 Å². The average Bonchev–Trinajstić information content (AvgIpc) is 2.74. The van der Waals surface area contributed by atoms with Crippen LogP contribution in [0.1, 0.15) is 30.9 Å². The quantitative estimate of drug-likeness (QED) is 0.296. The van der Waals surface area contributed by atoms with E-state index in [9.17, 15) is 13.2 Å². The van der Waals surface area contributed by atoms with Crippen LogP contribution in [0.25, 0.3) is 0 Å². The summed E-state index contributed by atoms with van der Waals surface area (Å²) in [5.41, 5.74) is 1.13. The Morgan fingerprint density at radius 1 is 1.25 bits per heavy atom. The molecular formula is C22H29F3IN5O. The van der Waals surface area contributed by atoms with Gasteiger partial charge in [0, 0.05) is 31.9 Å². The summed E-state index contributed by atoms with van der Waals surface area (Å²) < 4.78 is 43.9. The van der Waals surface area contributed by atoms with Gasteiger partial charge in [-0.3, -0.25) is 0 Å². The summed E-state index contributed by atoms with van der Waals surface area (Å²) in [6, 6.07) is 8.13. The molecular weight excluding hydrogens is 534 g/mol. The van der Waals surface area contributed by atoms with Gasteiger partial charge in [0.2, 0.25) is 0 Å². The van der Waals surface area contributed by atoms with Crippen molar-refractivity contribution in [3.05, 3.63) is 53.5 Å². The van der Waals surface area contributed by atoms with Crippen LogP contribution < -0.4 is 20.3 Å². The Morgan fingerprint density at radius 3 is 2.62 bits per heavy atom. The van der Waals surface area contributed by atoms with Crippen molar-refractivity contribution >= 4 is 35.8 Å². The van der Waals surface area contributed by atoms with Crippen molar-refractivity contribution in [2.45, 2.75) is 45.9 Å². The maximum Gasteiger partial charge on any atom is 0.387 e. The first-order chi connectivity index (χ1) is 15.0. The number of hydrogen-bond donors (Lipinski definition) is 2. The van der Waals surface area contributed by atoms with Gasteiger partial charge in [-0.05, 0) is 50.5 Å². The first-order valence-corrected chi connectivity index (χ1v) is 10.4. The van der Waals surface area contributed by atoms with E-state index in [1.54, 1.807) is 0 Å². The van der Waals surface area contributed by atoms with Gasteiger partial charge in [-0.2, -0.15) is 8.78 Å². The predicted molar refractivity (Wildman–Crippen MR) is 131 cm³/mol. The maximum atomic E-state index is 14.2. The molecule has 0 saturated carbocycles. The molecule has 176 valence electrons. The summed E-state index contributed by atoms with van der Waals surface area (Å²) in [7, 11) is 0. The minimum atomic E-state index is -3.02. The lowest BCUT2D eigenvalue weighted by atomic mass is 10.1. The third-order valence-electron chi connectivity index (χ3n) is 5.09. The number of anilines is 1. The number of nitrogens with zero attached hydrogens (tertiary/aromatic N) is 3. The van der Waals surface area contributed by atoms with Gasteiger partial charge >= 0.3 is 6.61 Å². The molecule has 32 heavy (non-hydrogen) atoms. The number of hydrogen-bond acceptors (Lipinski definition) is 4. The summed E-state index contributed by atoms with van der Waals surface area (Å²) in [6.45, 7) is 3.13. The van der Waals surface area contributed by atoms with Gasteiger partial charge in [-0.1, -0.05) is 12.1 Å². The number of nitrogens with one attached hydrogen (secondary N) is 2. The van der Waals surface area contributed by atoms with E-state index in [-0.39, 0.29) is 47.9 Å². The number of piperidine rings is 1. The van der Waals surface area contributed by atoms with E-state index in [2.05, 4.69) is 36.3 Å². The van der Waals surface area contributed by atoms with E-state index in [1.807, 2.05) is 26.1 Å². The molecule has 1 aliphatic rings. The zero-order valence-corrected chi connectivity index (χ0v) is 20.5. The molecule has 1 saturated heterocycles. The minimum Gasteiger partial charge on any atom is -0.434 e. The molecule has 0 aliphatic carbocycles. The molecule has 2 aromatic rings. The van der Waals surface area contributed by atoms with E-state index in [1.165, 1.54) is 18.2 Å². The van der Waals surface area contributed by atoms with Crippen molar-refractivity contribution in [3.8, 4) is 5.75 Å². The van der Waals surface area contributed by atoms with Crippen LogP contribution in [0.2, 0.25) is 0 Å². The summed E-state index contributed by atoms with van der Waals surface area (Å²) in [5, 5.41) is 6.50. The second-order valence-corrected chi connectivity index (χ2v) is 7.39. The van der Waals surface area contributed by atoms with Crippen LogP contribution in [0, 0.1) is 12.7 Å². The average molecular weight is 563 g/mol. The lowest BCUT2D eigenvalue weighted by Crippen LogP contribution is -2.48. The standard InChI is InChI=1S/C22H28F3N5O.HI/c1-3-26-22(28-14-17-18(23)5-4-6-19(17)31-21(24)25)29-16-9-11-30(12-10-16)20-8-7-15(2)13-27-20;/h4-8,13,16,21H,3,9-12,14H2,1-2H3,(H2,26,28,29);1H. The van der Waals surface area contributed by atoms with E-state index in [0.717, 1.165) is 37.3 Å². The van der Waals surface area contributed by atoms with Gasteiger partial charge in [-0.25, -0.2) is 14.4 Å². The lowest BCUT2D eigenvalue weighted by molar-refractivity contribution is -0.0506. The second kappa shape index (κ2) is 12.7. The number of pyridine rings is 1. The largest absolute Gasteiger partial charge is 0.434 e. The summed E-state index contributed by atoms with van der Waals surface area (Å²) in [5.74, 6) is 0.654. The number of ether oxygens (including phenoxy) is 1. The highest BCUT2D eigenvalue weighted by atomic mass is 127. The number of alkyl halides is 2. The Hall–Kier alpha value is -2.24. The molecule has 1 aromatic carbocycles. The van der Waals surface area contributed by atoms with Crippen molar-refractivity contribution in [3.63, 3.8) is 0 Å². The molecule has 6 nitrogen and oxygen atoms in total. The molecule has 1 aromatic heterocycles. The third kappa shape index (κ3) is 7.42. The highest BCUT2D eigenvalue weighted by Gasteiger charge is 2.21. The summed E-state index contributed by atoms with van der Waals surface area (Å²) in [6.07, 6.45) is 3.64. The Labute approximate surface area is 203 Å². The van der Waals surface area contributed by atoms with Crippen LogP contribution in [-0.4, -0.2) is 43.2 Å². The van der Waals surface area contributed by atoms with Gasteiger partial charge in [0.15, 0.2) is 5.96 Å². The van der Waals surface area contributed by atoms with Crippen LogP contribution in [-0.2, 0) is 6.54 Å². The molecule has 0 spiro atoms. The Kier molecular flexibility index (Phi) is 10.3. The number of aromatic nitrogens is 1. The molecule has 2 N–H and O–H groups in total. The van der Waals surface area contributed by atoms with Crippen LogP contribution in [0.4, 0.5) is 19.0 Å². The zero-order chi connectivity index (χ0) is 22.2. The minimum absolute atomic E-state index is 0. The molecule has 0 radical (unpaired) electrons. The summed E-state index contributed by atoms with van der Waals surface area (Å²) >= 11 is 0. The molecule has 2 heterocycles. The highest BCUT2D eigenvalue weighted by Crippen LogP contribution is 2.24. The molecule has 0 bridgehead atoms. The molecule has 0 amide bonds. The number of aryl methyl sites for hydroxylation is 1. The highest BCUT2D eigenvalue weighted by molar-refractivity contribution is 14.0. The first kappa shape index (κ1) is 26.0. The van der Waals surface area contributed by atoms with Gasteiger partial charge in [0.05, 0.1) is 12.1 Å². The van der Waals surface area contributed by atoms with Crippen LogP contribution in [0.15, 0.2) is 41.5 Å². The Morgan fingerprint density at radius 2 is 2.00 bits per heavy atom. The number of rotatable bonds is 7. The van der Waals surface area contributed by atoms with Crippen molar-refractivity contribution in [2.24, 2.45) is 4.99 Å². The van der Waals surface area contributed by atoms with E-state index < -0.39 is 12.4 Å². The Balaban J connectivity index is 0.00000363. The fraction of sp³-hybridized carbons (Fsp3) is 0.455. The van der Waals surface area contributed by atoms with E-state index >= 15 is 0 Å². The van der Waals surface area contributed by atoms with Crippen molar-refractivity contribution < 1.29 is 17.9 Å². The lowest BCUT2D eigenvalue weighted by Gasteiger charge is -2.33. The van der Waals surface area contributed by atoms with E-state index in [4.69, 9.17) is 0 Å². The number of halogens is 4. The summed E-state index contributed by atoms with van der Waals surface area (Å²) in [4.78, 5) is 11.1. The van der Waals surface area contributed by atoms with Crippen molar-refractivity contribution in [1.29, 1.82) is 0 Å². The Bertz CT molecular complexity index is 874. The van der Waals surface area contributed by atoms with Crippen LogP contribution in [0.5, 0.6) is 5.75 Å². The van der Waals surface area contributed by atoms with Gasteiger partial charge in [0.1, 0.15) is 17.4 Å². The maximum absolute atomic E-state index is 14.2. The predicted octanol–water partition coefficient (Wildman–Crippen LogP) is 4.47. The molecule has 0 unspecified atom stereocenters. The number of guanidine groups is 1. The van der Waals surface area contributed by atoms with Gasteiger partial charge in [-0.15, -0.1) is 24.0 Å². The first-order valence-electron chi connectivity index (χ1n) is 10.4. The van der Waals surface area contributed by atoms with Crippen molar-refractivity contribution in [1.82, 2.24) is 15.6 Å². The molecule has 0 atom stereocenters. The molecule has 3 rings (SSSR count). The van der Waals surface area contributed by atoms with E-state index in [0.29, 0.717) is 12.5 Å². The van der Waals surface area contributed by atoms with Crippen LogP contribution >= 0.6 is 24.0 Å². The number of benzene rings is 1. The second-order valence-electron chi connectivity index (χ2n) is 7.39.